The molecule has 21 heavy (non-hydrogen) atoms. The van der Waals surface area contributed by atoms with Crippen molar-refractivity contribution in [2.45, 2.75) is 11.1 Å². The third-order valence-corrected chi connectivity index (χ3v) is 6.16. The summed E-state index contributed by atoms with van der Waals surface area (Å²) in [7, 11) is -2.47. The van der Waals surface area contributed by atoms with Crippen molar-refractivity contribution in [1.82, 2.24) is 0 Å². The minimum atomic E-state index is -3.79. The molecule has 3 N–H and O–H groups in total. The number of rotatable bonds is 4. The van der Waals surface area contributed by atoms with Gasteiger partial charge in [-0.2, -0.15) is 0 Å². The summed E-state index contributed by atoms with van der Waals surface area (Å²) in [5, 5.41) is 9.20. The van der Waals surface area contributed by atoms with Crippen LogP contribution in [-0.4, -0.2) is 26.5 Å². The van der Waals surface area contributed by atoms with Crippen molar-refractivity contribution in [3.63, 3.8) is 0 Å². The number of hydrogen-bond donors (Lipinski definition) is 2. The molecule has 2 rings (SSSR count). The Morgan fingerprint density at radius 1 is 1.29 bits per heavy atom. The van der Waals surface area contributed by atoms with E-state index in [2.05, 4.69) is 0 Å². The summed E-state index contributed by atoms with van der Waals surface area (Å²) in [6, 6.07) is 7.30. The zero-order chi connectivity index (χ0) is 15.8. The predicted molar refractivity (Wildman–Crippen MR) is 82.5 cm³/mol. The number of nitrogens with zero attached hydrogens (tertiary/aromatic N) is 1. The topological polar surface area (TPSA) is 101 Å². The van der Waals surface area contributed by atoms with Crippen molar-refractivity contribution in [1.29, 1.82) is 0 Å². The molecule has 0 aliphatic heterocycles. The van der Waals surface area contributed by atoms with Gasteiger partial charge in [0.15, 0.2) is 0 Å². The van der Waals surface area contributed by atoms with Gasteiger partial charge in [-0.05, 0) is 37.3 Å². The molecule has 0 aliphatic rings. The highest BCUT2D eigenvalue weighted by atomic mass is 32.2. The number of nitrogen functional groups attached to an aromatic ring is 1. The maximum Gasteiger partial charge on any atom is 0.337 e. The smallest absolute Gasteiger partial charge is 0.337 e. The van der Waals surface area contributed by atoms with Crippen LogP contribution in [0.3, 0.4) is 0 Å². The van der Waals surface area contributed by atoms with Gasteiger partial charge in [0.25, 0.3) is 10.0 Å². The van der Waals surface area contributed by atoms with Gasteiger partial charge in [-0.25, -0.2) is 13.2 Å². The largest absolute Gasteiger partial charge is 0.478 e. The number of carboxylic acids is 1. The molecule has 0 spiro atoms. The summed E-state index contributed by atoms with van der Waals surface area (Å²) in [6.45, 7) is 1.80. The van der Waals surface area contributed by atoms with Crippen LogP contribution in [0.4, 0.5) is 11.4 Å². The van der Waals surface area contributed by atoms with Gasteiger partial charge in [-0.3, -0.25) is 4.31 Å². The fourth-order valence-corrected chi connectivity index (χ4v) is 4.48. The molecule has 0 unspecified atom stereocenters. The van der Waals surface area contributed by atoms with E-state index in [1.807, 2.05) is 0 Å². The van der Waals surface area contributed by atoms with E-state index < -0.39 is 16.0 Å². The van der Waals surface area contributed by atoms with E-state index in [9.17, 15) is 18.3 Å². The Labute approximate surface area is 126 Å². The highest BCUT2D eigenvalue weighted by Crippen LogP contribution is 2.30. The number of sulfonamides is 1. The van der Waals surface area contributed by atoms with E-state index in [1.165, 1.54) is 31.3 Å². The first-order chi connectivity index (χ1) is 9.73. The van der Waals surface area contributed by atoms with Gasteiger partial charge in [0.05, 0.1) is 11.3 Å². The lowest BCUT2D eigenvalue weighted by Gasteiger charge is -2.20. The third-order valence-electron chi connectivity index (χ3n) is 2.92. The standard InChI is InChI=1S/C13H14N2O4S2/c1-8-3-6-12(20-8)21(18,19)15(2)11-5-4-9(14)7-10(11)13(16)17/h3-7H,14H2,1-2H3,(H,16,17). The fraction of sp³-hybridized carbons (Fsp3) is 0.154. The summed E-state index contributed by atoms with van der Waals surface area (Å²) in [5.41, 5.74) is 5.73. The van der Waals surface area contributed by atoms with Crippen molar-refractivity contribution in [2.24, 2.45) is 0 Å². The monoisotopic (exact) mass is 326 g/mol. The zero-order valence-corrected chi connectivity index (χ0v) is 13.0. The molecule has 0 aliphatic carbocycles. The van der Waals surface area contributed by atoms with Crippen LogP contribution in [0.15, 0.2) is 34.5 Å². The number of carbonyl (C=O) groups is 1. The van der Waals surface area contributed by atoms with Crippen molar-refractivity contribution in [3.05, 3.63) is 40.8 Å². The van der Waals surface area contributed by atoms with Gasteiger partial charge in [0, 0.05) is 17.6 Å². The molecule has 1 aromatic heterocycles. The van der Waals surface area contributed by atoms with Crippen LogP contribution in [0.1, 0.15) is 15.2 Å². The van der Waals surface area contributed by atoms with Crippen molar-refractivity contribution in [3.8, 4) is 0 Å². The molecule has 0 saturated carbocycles. The highest BCUT2D eigenvalue weighted by Gasteiger charge is 2.26. The molecule has 0 saturated heterocycles. The molecule has 6 nitrogen and oxygen atoms in total. The Morgan fingerprint density at radius 2 is 1.95 bits per heavy atom. The summed E-state index contributed by atoms with van der Waals surface area (Å²) >= 11 is 1.13. The Hall–Kier alpha value is -2.06. The Kier molecular flexibility index (Phi) is 3.93. The Bertz CT molecular complexity index is 796. The maximum absolute atomic E-state index is 12.5. The van der Waals surface area contributed by atoms with Crippen LogP contribution < -0.4 is 10.0 Å². The number of nitrogens with two attached hydrogens (primary N) is 1. The molecule has 0 fully saturated rings. The summed E-state index contributed by atoms with van der Waals surface area (Å²) in [5.74, 6) is -1.23. The molecule has 8 heteroatoms. The Morgan fingerprint density at radius 3 is 2.48 bits per heavy atom. The number of aryl methyl sites for hydroxylation is 1. The molecule has 2 aromatic rings. The van der Waals surface area contributed by atoms with Crippen molar-refractivity contribution < 1.29 is 18.3 Å². The first kappa shape index (κ1) is 15.3. The second kappa shape index (κ2) is 5.38. The molecule has 1 aromatic carbocycles. The van der Waals surface area contributed by atoms with Crippen LogP contribution in [0.2, 0.25) is 0 Å². The van der Waals surface area contributed by atoms with E-state index in [4.69, 9.17) is 5.73 Å². The van der Waals surface area contributed by atoms with Crippen molar-refractivity contribution in [2.75, 3.05) is 17.1 Å². The average Bonchev–Trinajstić information content (AvgIpc) is 2.85. The van der Waals surface area contributed by atoms with Gasteiger partial charge >= 0.3 is 5.97 Å². The van der Waals surface area contributed by atoms with Gasteiger partial charge < -0.3 is 10.8 Å². The Balaban J connectivity index is 2.54. The second-order valence-corrected chi connectivity index (χ2v) is 7.90. The van der Waals surface area contributed by atoms with E-state index in [-0.39, 0.29) is 21.1 Å². The average molecular weight is 326 g/mol. The number of carboxylic acid groups (broad SMARTS) is 1. The number of hydrogen-bond acceptors (Lipinski definition) is 5. The second-order valence-electron chi connectivity index (χ2n) is 4.42. The van der Waals surface area contributed by atoms with Crippen LogP contribution in [-0.2, 0) is 10.0 Å². The van der Waals surface area contributed by atoms with Crippen LogP contribution in [0.25, 0.3) is 0 Å². The molecule has 0 amide bonds. The summed E-state index contributed by atoms with van der Waals surface area (Å²) in [6.07, 6.45) is 0. The van der Waals surface area contributed by atoms with Crippen LogP contribution >= 0.6 is 11.3 Å². The van der Waals surface area contributed by atoms with Gasteiger partial charge in [0.1, 0.15) is 4.21 Å². The lowest BCUT2D eigenvalue weighted by molar-refractivity contribution is 0.0698. The van der Waals surface area contributed by atoms with E-state index in [0.717, 1.165) is 20.5 Å². The highest BCUT2D eigenvalue weighted by molar-refractivity contribution is 7.94. The van der Waals surface area contributed by atoms with E-state index in [1.54, 1.807) is 13.0 Å². The van der Waals surface area contributed by atoms with Gasteiger partial charge in [-0.15, -0.1) is 11.3 Å². The number of benzene rings is 1. The van der Waals surface area contributed by atoms with E-state index in [0.29, 0.717) is 0 Å². The molecule has 0 atom stereocenters. The quantitative estimate of drug-likeness (QED) is 0.839. The molecular weight excluding hydrogens is 312 g/mol. The number of thiophene rings is 1. The number of anilines is 2. The van der Waals surface area contributed by atoms with E-state index >= 15 is 0 Å². The third kappa shape index (κ3) is 2.86. The summed E-state index contributed by atoms with van der Waals surface area (Å²) in [4.78, 5) is 12.1. The molecule has 0 bridgehead atoms. The fourth-order valence-electron chi connectivity index (χ4n) is 1.81. The van der Waals surface area contributed by atoms with Crippen molar-refractivity contribution >= 4 is 38.7 Å². The number of aromatic carboxylic acids is 1. The summed E-state index contributed by atoms with van der Waals surface area (Å²) < 4.78 is 26.2. The normalized spacial score (nSPS) is 11.3. The lowest BCUT2D eigenvalue weighted by Crippen LogP contribution is -2.27. The first-order valence-corrected chi connectivity index (χ1v) is 8.17. The zero-order valence-electron chi connectivity index (χ0n) is 11.4. The molecule has 0 radical (unpaired) electrons. The maximum atomic E-state index is 12.5. The van der Waals surface area contributed by atoms with Crippen LogP contribution in [0, 0.1) is 6.92 Å². The molecular formula is C13H14N2O4S2. The van der Waals surface area contributed by atoms with Crippen LogP contribution in [0.5, 0.6) is 0 Å². The lowest BCUT2D eigenvalue weighted by atomic mass is 10.1. The van der Waals surface area contributed by atoms with Gasteiger partial charge in [0.2, 0.25) is 0 Å². The minimum Gasteiger partial charge on any atom is -0.478 e. The van der Waals surface area contributed by atoms with Gasteiger partial charge in [-0.1, -0.05) is 0 Å². The SMILES string of the molecule is Cc1ccc(S(=O)(=O)N(C)c2ccc(N)cc2C(=O)O)s1. The first-order valence-electron chi connectivity index (χ1n) is 5.91. The predicted octanol–water partition coefficient (Wildman–Crippen LogP) is 2.16. The molecule has 112 valence electrons. The minimum absolute atomic E-state index is 0.0720. The molecule has 1 heterocycles.